The van der Waals surface area contributed by atoms with E-state index in [2.05, 4.69) is 11.9 Å². The first-order chi connectivity index (χ1) is 8.16. The summed E-state index contributed by atoms with van der Waals surface area (Å²) in [6.07, 6.45) is 10.4. The monoisotopic (exact) mass is 241 g/mol. The fourth-order valence-electron chi connectivity index (χ4n) is 1.60. The van der Waals surface area contributed by atoms with Gasteiger partial charge in [0.25, 0.3) is 0 Å². The molecule has 1 N–H and O–H groups in total. The lowest BCUT2D eigenvalue weighted by atomic mass is 10.1. The third-order valence-corrected chi connectivity index (χ3v) is 2.56. The van der Waals surface area contributed by atoms with Crippen molar-refractivity contribution in [2.45, 2.75) is 64.7 Å². The van der Waals surface area contributed by atoms with Crippen LogP contribution in [0, 0.1) is 0 Å². The van der Waals surface area contributed by atoms with E-state index < -0.39 is 5.97 Å². The molecule has 0 saturated heterocycles. The van der Waals surface area contributed by atoms with Crippen molar-refractivity contribution >= 4 is 18.1 Å². The molecule has 98 valence electrons. The number of carbonyl (C=O) groups is 2. The molecule has 0 atom stereocenters. The van der Waals surface area contributed by atoms with Gasteiger partial charge in [0.05, 0.1) is 0 Å². The van der Waals surface area contributed by atoms with Crippen molar-refractivity contribution in [1.29, 1.82) is 0 Å². The molecule has 0 aliphatic heterocycles. The highest BCUT2D eigenvalue weighted by atomic mass is 16.4. The second-order valence-electron chi connectivity index (χ2n) is 4.22. The van der Waals surface area contributed by atoms with Crippen LogP contribution in [-0.4, -0.2) is 23.2 Å². The minimum Gasteiger partial charge on any atom is -0.477 e. The fourth-order valence-corrected chi connectivity index (χ4v) is 1.60. The van der Waals surface area contributed by atoms with Crippen LogP contribution in [0.2, 0.25) is 0 Å². The average Bonchev–Trinajstić information content (AvgIpc) is 2.30. The number of rotatable bonds is 10. The molecule has 1 amide bonds. The summed E-state index contributed by atoms with van der Waals surface area (Å²) < 4.78 is 0. The molecule has 0 unspecified atom stereocenters. The molecule has 0 rings (SSSR count). The zero-order valence-corrected chi connectivity index (χ0v) is 10.7. The number of unbranched alkanes of at least 4 members (excludes halogenated alkanes) is 7. The van der Waals surface area contributed by atoms with Gasteiger partial charge < -0.3 is 5.11 Å². The van der Waals surface area contributed by atoms with Gasteiger partial charge in [-0.1, -0.05) is 51.9 Å². The van der Waals surface area contributed by atoms with E-state index in [1.54, 1.807) is 0 Å². The molecule has 0 radical (unpaired) electrons. The van der Waals surface area contributed by atoms with Crippen LogP contribution >= 0.6 is 0 Å². The first-order valence-electron chi connectivity index (χ1n) is 6.46. The number of hydrogen-bond acceptors (Lipinski definition) is 2. The molecule has 0 bridgehead atoms. The summed E-state index contributed by atoms with van der Waals surface area (Å²) in [6.45, 7) is 2.20. The molecule has 17 heavy (non-hydrogen) atoms. The van der Waals surface area contributed by atoms with Crippen molar-refractivity contribution in [3.63, 3.8) is 0 Å². The zero-order valence-electron chi connectivity index (χ0n) is 10.7. The number of aliphatic imine (C=N–C) groups is 1. The van der Waals surface area contributed by atoms with Crippen molar-refractivity contribution in [3.8, 4) is 0 Å². The van der Waals surface area contributed by atoms with Crippen molar-refractivity contribution in [1.82, 2.24) is 0 Å². The highest BCUT2D eigenvalue weighted by Gasteiger charge is 1.99. The normalized spacial score (nSPS) is 10.9. The predicted molar refractivity (Wildman–Crippen MR) is 68.4 cm³/mol. The van der Waals surface area contributed by atoms with E-state index in [0.717, 1.165) is 19.3 Å². The Bertz CT molecular complexity index is 249. The van der Waals surface area contributed by atoms with Crippen LogP contribution in [0.25, 0.3) is 0 Å². The molecule has 0 aliphatic carbocycles. The molecule has 0 aromatic rings. The number of carboxylic acid groups (broad SMARTS) is 1. The van der Waals surface area contributed by atoms with Gasteiger partial charge in [-0.15, -0.1) is 0 Å². The third kappa shape index (κ3) is 12.7. The first kappa shape index (κ1) is 15.8. The largest absolute Gasteiger partial charge is 0.477 e. The summed E-state index contributed by atoms with van der Waals surface area (Å²) >= 11 is 0. The van der Waals surface area contributed by atoms with Crippen LogP contribution in [0.4, 0.5) is 0 Å². The highest BCUT2D eigenvalue weighted by Crippen LogP contribution is 2.09. The number of nitrogens with zero attached hydrogens (tertiary/aromatic N) is 1. The summed E-state index contributed by atoms with van der Waals surface area (Å²) in [5.41, 5.74) is 0. The summed E-state index contributed by atoms with van der Waals surface area (Å²) in [5.74, 6) is -1.51. The fraction of sp³-hybridized carbons (Fsp3) is 0.769. The summed E-state index contributed by atoms with van der Waals surface area (Å²) in [4.78, 5) is 24.5. The molecule has 0 aromatic carbocycles. The predicted octanol–water partition coefficient (Wildman–Crippen LogP) is 3.20. The van der Waals surface area contributed by atoms with E-state index in [-0.39, 0.29) is 5.91 Å². The molecule has 4 heteroatoms. The quantitative estimate of drug-likeness (QED) is 0.471. The van der Waals surface area contributed by atoms with Crippen LogP contribution in [0.15, 0.2) is 4.99 Å². The summed E-state index contributed by atoms with van der Waals surface area (Å²) in [6, 6.07) is 0. The maximum atomic E-state index is 11.1. The first-order valence-corrected chi connectivity index (χ1v) is 6.46. The van der Waals surface area contributed by atoms with Gasteiger partial charge in [0, 0.05) is 6.42 Å². The second-order valence-corrected chi connectivity index (χ2v) is 4.22. The van der Waals surface area contributed by atoms with Crippen LogP contribution in [0.1, 0.15) is 64.7 Å². The van der Waals surface area contributed by atoms with Crippen molar-refractivity contribution in [2.24, 2.45) is 4.99 Å². The highest BCUT2D eigenvalue weighted by molar-refractivity contribution is 6.24. The van der Waals surface area contributed by atoms with Crippen molar-refractivity contribution in [3.05, 3.63) is 0 Å². The summed E-state index contributed by atoms with van der Waals surface area (Å²) in [7, 11) is 0. The number of aliphatic carboxylic acids is 1. The molecule has 0 fully saturated rings. The van der Waals surface area contributed by atoms with Gasteiger partial charge in [0.1, 0.15) is 6.21 Å². The molecule has 0 heterocycles. The van der Waals surface area contributed by atoms with Gasteiger partial charge in [-0.05, 0) is 6.42 Å². The standard InChI is InChI=1S/C13H23NO3/c1-2-3-4-5-6-7-8-9-10-12(15)14-11-13(16)17/h11H,2-10H2,1H3,(H,16,17). The molecule has 0 saturated carbocycles. The van der Waals surface area contributed by atoms with E-state index in [1.165, 1.54) is 32.1 Å². The van der Waals surface area contributed by atoms with Gasteiger partial charge in [-0.3, -0.25) is 4.79 Å². The van der Waals surface area contributed by atoms with Crippen LogP contribution < -0.4 is 0 Å². The van der Waals surface area contributed by atoms with Gasteiger partial charge in [-0.2, -0.15) is 0 Å². The Balaban J connectivity index is 3.28. The topological polar surface area (TPSA) is 66.7 Å². The van der Waals surface area contributed by atoms with Gasteiger partial charge >= 0.3 is 5.97 Å². The summed E-state index contributed by atoms with van der Waals surface area (Å²) in [5, 5.41) is 8.27. The molecular formula is C13H23NO3. The number of carbonyl (C=O) groups excluding carboxylic acids is 1. The zero-order chi connectivity index (χ0) is 12.9. The number of hydrogen-bond donors (Lipinski definition) is 1. The lowest BCUT2D eigenvalue weighted by Crippen LogP contribution is -2.00. The maximum absolute atomic E-state index is 11.1. The van der Waals surface area contributed by atoms with E-state index in [1.807, 2.05) is 0 Å². The molecular weight excluding hydrogens is 218 g/mol. The lowest BCUT2D eigenvalue weighted by Gasteiger charge is -1.99. The molecule has 0 spiro atoms. The SMILES string of the molecule is CCCCCCCCCCC(=O)N=CC(=O)O. The number of carboxylic acids is 1. The molecule has 4 nitrogen and oxygen atoms in total. The van der Waals surface area contributed by atoms with E-state index >= 15 is 0 Å². The maximum Gasteiger partial charge on any atom is 0.347 e. The van der Waals surface area contributed by atoms with Crippen LogP contribution in [-0.2, 0) is 9.59 Å². The molecule has 0 aliphatic rings. The molecule has 0 aromatic heterocycles. The Labute approximate surface area is 103 Å². The Hall–Kier alpha value is -1.19. The second kappa shape index (κ2) is 11.3. The van der Waals surface area contributed by atoms with Gasteiger partial charge in [0.2, 0.25) is 5.91 Å². The Kier molecular flexibility index (Phi) is 10.5. The van der Waals surface area contributed by atoms with Crippen molar-refractivity contribution < 1.29 is 14.7 Å². The van der Waals surface area contributed by atoms with Gasteiger partial charge in [0.15, 0.2) is 0 Å². The Morgan fingerprint density at radius 1 is 1.00 bits per heavy atom. The van der Waals surface area contributed by atoms with E-state index in [4.69, 9.17) is 5.11 Å². The Morgan fingerprint density at radius 3 is 2.06 bits per heavy atom. The minimum absolute atomic E-state index is 0.335. The van der Waals surface area contributed by atoms with Gasteiger partial charge in [-0.25, -0.2) is 9.79 Å². The average molecular weight is 241 g/mol. The smallest absolute Gasteiger partial charge is 0.347 e. The van der Waals surface area contributed by atoms with E-state index in [9.17, 15) is 9.59 Å². The lowest BCUT2D eigenvalue weighted by molar-refractivity contribution is -0.129. The minimum atomic E-state index is -1.17. The van der Waals surface area contributed by atoms with E-state index in [0.29, 0.717) is 12.6 Å². The third-order valence-electron chi connectivity index (χ3n) is 2.56. The number of amides is 1. The van der Waals surface area contributed by atoms with Crippen molar-refractivity contribution in [2.75, 3.05) is 0 Å². The van der Waals surface area contributed by atoms with Crippen LogP contribution in [0.3, 0.4) is 0 Å². The Morgan fingerprint density at radius 2 is 1.53 bits per heavy atom. The van der Waals surface area contributed by atoms with Crippen LogP contribution in [0.5, 0.6) is 0 Å².